The predicted molar refractivity (Wildman–Crippen MR) is 75.6 cm³/mol. The molecule has 0 amide bonds. The van der Waals surface area contributed by atoms with E-state index in [1.54, 1.807) is 0 Å². The van der Waals surface area contributed by atoms with Crippen LogP contribution in [0.3, 0.4) is 0 Å². The van der Waals surface area contributed by atoms with Crippen LogP contribution in [0.2, 0.25) is 0 Å². The largest absolute Gasteiger partial charge is 0.316 e. The van der Waals surface area contributed by atoms with Crippen LogP contribution < -0.4 is 5.32 Å². The summed E-state index contributed by atoms with van der Waals surface area (Å²) in [5.74, 6) is 0. The van der Waals surface area contributed by atoms with Gasteiger partial charge in [-0.25, -0.2) is 0 Å². The molecule has 94 valence electrons. The first-order valence-electron chi connectivity index (χ1n) is 6.59. The molecule has 0 atom stereocenters. The summed E-state index contributed by atoms with van der Waals surface area (Å²) in [6, 6.07) is 14.8. The molecule has 0 saturated heterocycles. The molecule has 0 aliphatic heterocycles. The maximum absolute atomic E-state index is 4.02. The topological polar surface area (TPSA) is 24.9 Å². The number of hydrogen-bond acceptors (Lipinski definition) is 2. The van der Waals surface area contributed by atoms with E-state index in [1.807, 2.05) is 12.4 Å². The quantitative estimate of drug-likeness (QED) is 0.753. The van der Waals surface area contributed by atoms with Gasteiger partial charge in [0.1, 0.15) is 0 Å². The molecule has 1 aromatic heterocycles. The van der Waals surface area contributed by atoms with Crippen molar-refractivity contribution >= 4 is 0 Å². The summed E-state index contributed by atoms with van der Waals surface area (Å²) in [4.78, 5) is 4.02. The van der Waals surface area contributed by atoms with Crippen molar-refractivity contribution in [2.75, 3.05) is 13.1 Å². The van der Waals surface area contributed by atoms with Crippen LogP contribution in [0.1, 0.15) is 17.5 Å². The molecule has 0 unspecified atom stereocenters. The van der Waals surface area contributed by atoms with Crippen LogP contribution in [-0.4, -0.2) is 18.1 Å². The Bertz CT molecular complexity index is 382. The highest BCUT2D eigenvalue weighted by atomic mass is 14.8. The number of aromatic nitrogens is 1. The van der Waals surface area contributed by atoms with E-state index >= 15 is 0 Å². The van der Waals surface area contributed by atoms with Crippen LogP contribution in [0.4, 0.5) is 0 Å². The second kappa shape index (κ2) is 7.62. The molecule has 18 heavy (non-hydrogen) atoms. The Morgan fingerprint density at radius 2 is 1.50 bits per heavy atom. The van der Waals surface area contributed by atoms with Gasteiger partial charge in [-0.2, -0.15) is 0 Å². The SMILES string of the molecule is c1ccc(CCNCCCc2ccncc2)cc1. The zero-order chi connectivity index (χ0) is 12.5. The minimum Gasteiger partial charge on any atom is -0.316 e. The Morgan fingerprint density at radius 3 is 2.28 bits per heavy atom. The Balaban J connectivity index is 1.54. The van der Waals surface area contributed by atoms with E-state index in [0.29, 0.717) is 0 Å². The first-order chi connectivity index (χ1) is 8.95. The predicted octanol–water partition coefficient (Wildman–Crippen LogP) is 2.85. The molecular formula is C16H20N2. The number of rotatable bonds is 7. The highest BCUT2D eigenvalue weighted by Crippen LogP contribution is 2.00. The molecule has 0 saturated carbocycles. The first kappa shape index (κ1) is 12.8. The van der Waals surface area contributed by atoms with E-state index in [2.05, 4.69) is 52.8 Å². The average Bonchev–Trinajstić information content (AvgIpc) is 2.45. The van der Waals surface area contributed by atoms with Gasteiger partial charge in [0.05, 0.1) is 0 Å². The van der Waals surface area contributed by atoms with Gasteiger partial charge in [0.2, 0.25) is 0 Å². The molecule has 0 aliphatic carbocycles. The molecule has 0 radical (unpaired) electrons. The lowest BCUT2D eigenvalue weighted by Gasteiger charge is -2.05. The Kier molecular flexibility index (Phi) is 5.41. The van der Waals surface area contributed by atoms with Crippen molar-refractivity contribution < 1.29 is 0 Å². The van der Waals surface area contributed by atoms with Gasteiger partial charge >= 0.3 is 0 Å². The van der Waals surface area contributed by atoms with Crippen LogP contribution >= 0.6 is 0 Å². The van der Waals surface area contributed by atoms with Crippen molar-refractivity contribution in [2.24, 2.45) is 0 Å². The number of nitrogens with zero attached hydrogens (tertiary/aromatic N) is 1. The van der Waals surface area contributed by atoms with Crippen molar-refractivity contribution in [1.29, 1.82) is 0 Å². The summed E-state index contributed by atoms with van der Waals surface area (Å²) in [5, 5.41) is 3.49. The number of nitrogens with one attached hydrogen (secondary N) is 1. The number of hydrogen-bond donors (Lipinski definition) is 1. The lowest BCUT2D eigenvalue weighted by atomic mass is 10.1. The molecule has 2 nitrogen and oxygen atoms in total. The third kappa shape index (κ3) is 4.68. The molecule has 1 aromatic carbocycles. The van der Waals surface area contributed by atoms with Gasteiger partial charge in [-0.05, 0) is 55.6 Å². The zero-order valence-electron chi connectivity index (χ0n) is 10.7. The maximum Gasteiger partial charge on any atom is 0.0270 e. The molecule has 2 heteroatoms. The first-order valence-corrected chi connectivity index (χ1v) is 6.59. The van der Waals surface area contributed by atoms with Crippen LogP contribution in [-0.2, 0) is 12.8 Å². The lowest BCUT2D eigenvalue weighted by molar-refractivity contribution is 0.647. The lowest BCUT2D eigenvalue weighted by Crippen LogP contribution is -2.18. The fourth-order valence-corrected chi connectivity index (χ4v) is 1.97. The zero-order valence-corrected chi connectivity index (χ0v) is 10.7. The summed E-state index contributed by atoms with van der Waals surface area (Å²) < 4.78 is 0. The molecule has 2 rings (SSSR count). The van der Waals surface area contributed by atoms with Crippen LogP contribution in [0.15, 0.2) is 54.9 Å². The standard InChI is InChI=1S/C16H20N2/c1-2-5-15(6-3-1)8-12-17-11-4-7-16-9-13-18-14-10-16/h1-3,5-6,9-10,13-14,17H,4,7-8,11-12H2. The molecule has 0 aliphatic rings. The Morgan fingerprint density at radius 1 is 0.778 bits per heavy atom. The minimum atomic E-state index is 1.06. The van der Waals surface area contributed by atoms with Crippen molar-refractivity contribution in [1.82, 2.24) is 10.3 Å². The highest BCUT2D eigenvalue weighted by Gasteiger charge is 1.93. The van der Waals surface area contributed by atoms with E-state index in [4.69, 9.17) is 0 Å². The van der Waals surface area contributed by atoms with E-state index in [9.17, 15) is 0 Å². The van der Waals surface area contributed by atoms with E-state index < -0.39 is 0 Å². The minimum absolute atomic E-state index is 1.06. The van der Waals surface area contributed by atoms with Crippen LogP contribution in [0.5, 0.6) is 0 Å². The summed E-state index contributed by atoms with van der Waals surface area (Å²) in [6.45, 7) is 2.13. The third-order valence-corrected chi connectivity index (χ3v) is 3.00. The number of benzene rings is 1. The molecule has 1 N–H and O–H groups in total. The molecular weight excluding hydrogens is 220 g/mol. The molecule has 0 bridgehead atoms. The summed E-state index contributed by atoms with van der Waals surface area (Å²) in [6.07, 6.45) is 7.13. The van der Waals surface area contributed by atoms with Crippen molar-refractivity contribution in [3.05, 3.63) is 66.0 Å². The molecule has 0 spiro atoms. The van der Waals surface area contributed by atoms with Crippen LogP contribution in [0.25, 0.3) is 0 Å². The van der Waals surface area contributed by atoms with Gasteiger partial charge in [-0.15, -0.1) is 0 Å². The fourth-order valence-electron chi connectivity index (χ4n) is 1.97. The van der Waals surface area contributed by atoms with Gasteiger partial charge in [-0.1, -0.05) is 30.3 Å². The van der Waals surface area contributed by atoms with Gasteiger partial charge in [-0.3, -0.25) is 4.98 Å². The summed E-state index contributed by atoms with van der Waals surface area (Å²) in [7, 11) is 0. The maximum atomic E-state index is 4.02. The number of pyridine rings is 1. The second-order valence-electron chi connectivity index (χ2n) is 4.44. The summed E-state index contributed by atoms with van der Waals surface area (Å²) in [5.41, 5.74) is 2.77. The van der Waals surface area contributed by atoms with E-state index in [1.165, 1.54) is 17.5 Å². The average molecular weight is 240 g/mol. The molecule has 1 heterocycles. The van der Waals surface area contributed by atoms with Crippen molar-refractivity contribution in [3.8, 4) is 0 Å². The van der Waals surface area contributed by atoms with Crippen LogP contribution in [0, 0.1) is 0 Å². The van der Waals surface area contributed by atoms with E-state index in [-0.39, 0.29) is 0 Å². The smallest absolute Gasteiger partial charge is 0.0270 e. The normalized spacial score (nSPS) is 10.4. The second-order valence-corrected chi connectivity index (χ2v) is 4.44. The van der Waals surface area contributed by atoms with Gasteiger partial charge in [0.15, 0.2) is 0 Å². The highest BCUT2D eigenvalue weighted by molar-refractivity contribution is 5.14. The molecule has 2 aromatic rings. The fraction of sp³-hybridized carbons (Fsp3) is 0.312. The Hall–Kier alpha value is -1.67. The van der Waals surface area contributed by atoms with Gasteiger partial charge in [0.25, 0.3) is 0 Å². The monoisotopic (exact) mass is 240 g/mol. The molecule has 0 fully saturated rings. The van der Waals surface area contributed by atoms with E-state index in [0.717, 1.165) is 25.9 Å². The summed E-state index contributed by atoms with van der Waals surface area (Å²) >= 11 is 0. The van der Waals surface area contributed by atoms with Crippen molar-refractivity contribution in [2.45, 2.75) is 19.3 Å². The van der Waals surface area contributed by atoms with Crippen molar-refractivity contribution in [3.63, 3.8) is 0 Å². The Labute approximate surface area is 109 Å². The van der Waals surface area contributed by atoms with Gasteiger partial charge in [0, 0.05) is 12.4 Å². The third-order valence-electron chi connectivity index (χ3n) is 3.00. The van der Waals surface area contributed by atoms with Gasteiger partial charge < -0.3 is 5.32 Å². The number of aryl methyl sites for hydroxylation is 1.